The van der Waals surface area contributed by atoms with Crippen LogP contribution in [0.25, 0.3) is 0 Å². The number of allylic oxidation sites excluding steroid dienone is 1. The molecule has 0 heterocycles. The molecule has 0 bridgehead atoms. The van der Waals surface area contributed by atoms with Gasteiger partial charge in [-0.15, -0.1) is 0 Å². The molecular weight excluding hydrogens is 49.9 g/mol. The molecule has 0 aliphatic carbocycles. The van der Waals surface area contributed by atoms with E-state index in [0.717, 1.165) is 5.09 Å². The summed E-state index contributed by atoms with van der Waals surface area (Å²) in [4.78, 5) is 0. The summed E-state index contributed by atoms with van der Waals surface area (Å²) in [5.74, 6) is 0. The summed E-state index contributed by atoms with van der Waals surface area (Å²) in [5, 5.41) is 1.16. The van der Waals surface area contributed by atoms with E-state index >= 15 is 0 Å². The van der Waals surface area contributed by atoms with Crippen LogP contribution in [0, 0.1) is 0 Å². The Kier molecular flexibility index (Phi) is 5.86. The Labute approximate surface area is 51.4 Å². The van der Waals surface area contributed by atoms with Crippen LogP contribution < -0.4 is 0 Å². The fourth-order valence-corrected chi connectivity index (χ4v) is 0.236. The van der Waals surface area contributed by atoms with E-state index in [2.05, 4.69) is 28.5 Å². The summed E-state index contributed by atoms with van der Waals surface area (Å²) in [6, 6.07) is 0. The van der Waals surface area contributed by atoms with Gasteiger partial charge in [0.15, 0.2) is 0 Å². The Balaban J connectivity index is 2.62. The van der Waals surface area contributed by atoms with E-state index in [4.69, 9.17) is 0 Å². The molecule has 0 fully saturated rings. The molecular formula is C3H4Li2. The van der Waals surface area contributed by atoms with Crippen molar-refractivity contribution in [1.82, 2.24) is 0 Å². The molecule has 0 aliphatic rings. The molecule has 0 aromatic rings. The first-order valence-electron chi connectivity index (χ1n) is 2.03. The second-order valence-corrected chi connectivity index (χ2v) is 0.977. The summed E-state index contributed by atoms with van der Waals surface area (Å²) in [6.45, 7) is 0. The minimum atomic E-state index is 1.16. The number of hydrogen-bond acceptors (Lipinski definition) is 0. The summed E-state index contributed by atoms with van der Waals surface area (Å²) in [6.07, 6.45) is 2.12. The second-order valence-electron chi connectivity index (χ2n) is 0.977. The predicted octanol–water partition coefficient (Wildman–Crippen LogP) is 0.255. The van der Waals surface area contributed by atoms with Gasteiger partial charge in [0, 0.05) is 0 Å². The van der Waals surface area contributed by atoms with E-state index < -0.39 is 0 Å². The second kappa shape index (κ2) is 4.93. The Bertz CT molecular complexity index is 31.9. The van der Waals surface area contributed by atoms with Crippen LogP contribution in [0.15, 0.2) is 10.8 Å². The van der Waals surface area contributed by atoms with E-state index in [0.29, 0.717) is 0 Å². The molecule has 0 saturated carbocycles. The van der Waals surface area contributed by atoms with Crippen molar-refractivity contribution < 1.29 is 0 Å². The molecule has 0 aromatic heterocycles. The third-order valence-corrected chi connectivity index (χ3v) is 0.471. The molecule has 0 unspecified atom stereocenters. The Morgan fingerprint density at radius 1 is 1.60 bits per heavy atom. The zero-order chi connectivity index (χ0) is 4.12. The van der Waals surface area contributed by atoms with Gasteiger partial charge in [0.1, 0.15) is 0 Å². The molecule has 0 saturated heterocycles. The third kappa shape index (κ3) is 4.93. The molecule has 0 amide bonds. The van der Waals surface area contributed by atoms with Gasteiger partial charge >= 0.3 is 51.3 Å². The van der Waals surface area contributed by atoms with Crippen LogP contribution in [-0.2, 0) is 0 Å². The summed E-state index contributed by atoms with van der Waals surface area (Å²) in [7, 11) is 0. The molecule has 5 heavy (non-hydrogen) atoms. The maximum absolute atomic E-state index is 2.12. The Morgan fingerprint density at radius 2 is 2.20 bits per heavy atom. The molecule has 0 radical (unpaired) electrons. The summed E-state index contributed by atoms with van der Waals surface area (Å²) >= 11 is 4.16. The van der Waals surface area contributed by atoms with Crippen LogP contribution in [0.3, 0.4) is 0 Å². The van der Waals surface area contributed by atoms with Gasteiger partial charge in [0.05, 0.1) is 0 Å². The molecule has 0 aliphatic heterocycles. The SMILES string of the molecule is [Li][CH]=C[CH2][Li]. The summed E-state index contributed by atoms with van der Waals surface area (Å²) in [5.41, 5.74) is 0. The van der Waals surface area contributed by atoms with Crippen LogP contribution in [0.2, 0.25) is 5.09 Å². The van der Waals surface area contributed by atoms with Crippen LogP contribution >= 0.6 is 0 Å². The van der Waals surface area contributed by atoms with Gasteiger partial charge < -0.3 is 0 Å². The first kappa shape index (κ1) is 5.93. The van der Waals surface area contributed by atoms with Crippen LogP contribution in [-0.4, -0.2) is 35.4 Å². The zero-order valence-electron chi connectivity index (χ0n) is 3.86. The zero-order valence-corrected chi connectivity index (χ0v) is 3.86. The molecule has 0 aromatic carbocycles. The first-order valence-corrected chi connectivity index (χ1v) is 2.03. The van der Waals surface area contributed by atoms with Crippen molar-refractivity contribution in [3.05, 3.63) is 10.8 Å². The van der Waals surface area contributed by atoms with Crippen molar-refractivity contribution in [2.75, 3.05) is 0 Å². The van der Waals surface area contributed by atoms with Crippen molar-refractivity contribution in [3.8, 4) is 0 Å². The summed E-state index contributed by atoms with van der Waals surface area (Å²) < 4.78 is 2.06. The Hall–Kier alpha value is 0.935. The molecule has 0 atom stereocenters. The first-order chi connectivity index (χ1) is 2.41. The van der Waals surface area contributed by atoms with E-state index in [1.165, 1.54) is 0 Å². The van der Waals surface area contributed by atoms with Crippen molar-refractivity contribution in [3.63, 3.8) is 0 Å². The average Bonchev–Trinajstić information content (AvgIpc) is 1.41. The van der Waals surface area contributed by atoms with Gasteiger partial charge in [-0.2, -0.15) is 0 Å². The van der Waals surface area contributed by atoms with Crippen molar-refractivity contribution >= 4 is 35.4 Å². The number of rotatable bonds is 1. The number of hydrogen-bond donors (Lipinski definition) is 0. The normalized spacial score (nSPS) is 10.4. The monoisotopic (exact) mass is 54.1 g/mol. The van der Waals surface area contributed by atoms with Crippen molar-refractivity contribution in [2.24, 2.45) is 0 Å². The molecule has 18 valence electrons. The topological polar surface area (TPSA) is 0 Å². The van der Waals surface area contributed by atoms with Gasteiger partial charge in [-0.1, -0.05) is 0 Å². The fourth-order valence-electron chi connectivity index (χ4n) is 0.236. The van der Waals surface area contributed by atoms with Crippen LogP contribution in [0.5, 0.6) is 0 Å². The van der Waals surface area contributed by atoms with Gasteiger partial charge in [0.2, 0.25) is 0 Å². The molecule has 0 spiro atoms. The van der Waals surface area contributed by atoms with Gasteiger partial charge in [-0.25, -0.2) is 0 Å². The van der Waals surface area contributed by atoms with Crippen LogP contribution in [0.4, 0.5) is 0 Å². The van der Waals surface area contributed by atoms with E-state index in [1.807, 2.05) is 17.7 Å². The van der Waals surface area contributed by atoms with E-state index in [1.54, 1.807) is 0 Å². The van der Waals surface area contributed by atoms with Gasteiger partial charge in [-0.05, 0) is 0 Å². The van der Waals surface area contributed by atoms with E-state index in [9.17, 15) is 0 Å². The van der Waals surface area contributed by atoms with Crippen molar-refractivity contribution in [1.29, 1.82) is 0 Å². The van der Waals surface area contributed by atoms with Crippen molar-refractivity contribution in [2.45, 2.75) is 5.09 Å². The van der Waals surface area contributed by atoms with Gasteiger partial charge in [0.25, 0.3) is 0 Å². The Morgan fingerprint density at radius 3 is 2.20 bits per heavy atom. The third-order valence-electron chi connectivity index (χ3n) is 0.471. The molecule has 2 heteroatoms. The molecule has 0 N–H and O–H groups in total. The molecule has 0 rings (SSSR count). The average molecular weight is 53.9 g/mol. The maximum atomic E-state index is 2.12. The predicted molar refractivity (Wildman–Crippen MR) is 25.5 cm³/mol. The van der Waals surface area contributed by atoms with Gasteiger partial charge in [-0.3, -0.25) is 0 Å². The van der Waals surface area contributed by atoms with E-state index in [-0.39, 0.29) is 0 Å². The fraction of sp³-hybridized carbons (Fsp3) is 0.333. The minimum absolute atomic E-state index is 1.16. The molecule has 0 nitrogen and oxygen atoms in total. The quantitative estimate of drug-likeness (QED) is 0.376. The van der Waals surface area contributed by atoms with Crippen LogP contribution in [0.1, 0.15) is 0 Å². The standard InChI is InChI=1S/C3H4.2Li/c1-3-2;;/h1,3H,2H2;;.